The van der Waals surface area contributed by atoms with Crippen molar-refractivity contribution in [3.8, 4) is 0 Å². The zero-order valence-corrected chi connectivity index (χ0v) is 16.1. The third-order valence-corrected chi connectivity index (χ3v) is 8.40. The Morgan fingerprint density at radius 3 is 1.54 bits per heavy atom. The summed E-state index contributed by atoms with van der Waals surface area (Å²) in [6, 6.07) is 0.963. The lowest BCUT2D eigenvalue weighted by Gasteiger charge is -2.44. The Morgan fingerprint density at radius 2 is 0.917 bits per heavy atom. The van der Waals surface area contributed by atoms with Crippen molar-refractivity contribution in [2.24, 2.45) is 23.7 Å². The minimum Gasteiger partial charge on any atom is -0.300 e. The fourth-order valence-electron chi connectivity index (χ4n) is 6.89. The molecule has 3 saturated heterocycles. The van der Waals surface area contributed by atoms with Gasteiger partial charge in [-0.2, -0.15) is 0 Å². The van der Waals surface area contributed by atoms with Crippen molar-refractivity contribution in [2.75, 3.05) is 13.1 Å². The van der Waals surface area contributed by atoms with E-state index in [-0.39, 0.29) is 0 Å². The van der Waals surface area contributed by atoms with Crippen molar-refractivity contribution in [1.82, 2.24) is 4.90 Å². The molecular weight excluding hydrogens is 290 g/mol. The first-order valence-electron chi connectivity index (χ1n) is 11.6. The molecule has 4 atom stereocenters. The summed E-state index contributed by atoms with van der Waals surface area (Å²) >= 11 is 0. The number of fused-ring (bicyclic) bond motifs is 6. The summed E-state index contributed by atoms with van der Waals surface area (Å²) in [6.07, 6.45) is 24.6. The van der Waals surface area contributed by atoms with Gasteiger partial charge >= 0.3 is 0 Å². The number of hydrogen-bond acceptors (Lipinski definition) is 1. The predicted octanol–water partition coefficient (Wildman–Crippen LogP) is 6.42. The van der Waals surface area contributed by atoms with Crippen LogP contribution in [0.4, 0.5) is 0 Å². The molecule has 1 nitrogen and oxygen atoms in total. The van der Waals surface area contributed by atoms with Gasteiger partial charge in [0.2, 0.25) is 0 Å². The lowest BCUT2D eigenvalue weighted by molar-refractivity contribution is 0.0571. The minimum atomic E-state index is 0.963. The molecule has 5 fully saturated rings. The summed E-state index contributed by atoms with van der Waals surface area (Å²) < 4.78 is 0. The molecule has 4 unspecified atom stereocenters. The first-order valence-corrected chi connectivity index (χ1v) is 11.6. The van der Waals surface area contributed by atoms with Crippen molar-refractivity contribution < 1.29 is 0 Å². The van der Waals surface area contributed by atoms with Gasteiger partial charge in [0.05, 0.1) is 0 Å². The lowest BCUT2D eigenvalue weighted by atomic mass is 9.72. The van der Waals surface area contributed by atoms with Gasteiger partial charge in [-0.3, -0.25) is 0 Å². The monoisotopic (exact) mass is 331 g/mol. The minimum absolute atomic E-state index is 0.963. The number of piperidine rings is 1. The van der Waals surface area contributed by atoms with E-state index in [1.165, 1.54) is 77.3 Å². The van der Waals surface area contributed by atoms with Gasteiger partial charge in [-0.15, -0.1) is 0 Å². The number of rotatable bonds is 0. The fraction of sp³-hybridized carbons (Fsp3) is 1.00. The maximum Gasteiger partial charge on any atom is 0.0123 e. The molecule has 0 spiro atoms. The Kier molecular flexibility index (Phi) is 6.20. The molecule has 2 aliphatic carbocycles. The Balaban J connectivity index is 1.42. The van der Waals surface area contributed by atoms with Crippen molar-refractivity contribution in [1.29, 1.82) is 0 Å². The van der Waals surface area contributed by atoms with Crippen molar-refractivity contribution in [3.05, 3.63) is 0 Å². The van der Waals surface area contributed by atoms with Gasteiger partial charge in [-0.05, 0) is 75.3 Å². The van der Waals surface area contributed by atoms with Crippen LogP contribution in [0.5, 0.6) is 0 Å². The van der Waals surface area contributed by atoms with Gasteiger partial charge in [0.1, 0.15) is 0 Å². The third kappa shape index (κ3) is 4.19. The molecule has 0 amide bonds. The third-order valence-electron chi connectivity index (χ3n) is 8.40. The standard InChI is InChI=1S/C23H41N/c1-2-9-21-14-13-19-15-17-24(18-16-19)23-12-6-5-11-22(23)10-4-3-8-20(21)7-1/h19-23H,1-18H2. The maximum atomic E-state index is 2.94. The topological polar surface area (TPSA) is 3.24 Å². The summed E-state index contributed by atoms with van der Waals surface area (Å²) in [5, 5.41) is 0. The van der Waals surface area contributed by atoms with Gasteiger partial charge in [-0.25, -0.2) is 0 Å². The summed E-state index contributed by atoms with van der Waals surface area (Å²) in [7, 11) is 0. The summed E-state index contributed by atoms with van der Waals surface area (Å²) in [6.45, 7) is 2.86. The molecule has 0 N–H and O–H groups in total. The normalized spacial score (nSPS) is 45.0. The van der Waals surface area contributed by atoms with E-state index in [0.717, 1.165) is 29.7 Å². The van der Waals surface area contributed by atoms with Gasteiger partial charge < -0.3 is 4.90 Å². The average Bonchev–Trinajstić information content (AvgIpc) is 2.65. The second-order valence-corrected chi connectivity index (χ2v) is 9.76. The van der Waals surface area contributed by atoms with E-state index in [9.17, 15) is 0 Å². The summed E-state index contributed by atoms with van der Waals surface area (Å²) in [4.78, 5) is 2.94. The second-order valence-electron chi connectivity index (χ2n) is 9.76. The van der Waals surface area contributed by atoms with Crippen molar-refractivity contribution in [3.63, 3.8) is 0 Å². The van der Waals surface area contributed by atoms with E-state index >= 15 is 0 Å². The molecule has 0 aromatic carbocycles. The van der Waals surface area contributed by atoms with Crippen LogP contribution >= 0.6 is 0 Å². The van der Waals surface area contributed by atoms with Crippen LogP contribution < -0.4 is 0 Å². The maximum absolute atomic E-state index is 2.94. The van der Waals surface area contributed by atoms with Crippen LogP contribution in [0.25, 0.3) is 0 Å². The van der Waals surface area contributed by atoms with Crippen molar-refractivity contribution in [2.45, 2.75) is 109 Å². The number of nitrogens with zero attached hydrogens (tertiary/aromatic N) is 1. The molecule has 2 bridgehead atoms. The first-order chi connectivity index (χ1) is 11.9. The molecule has 0 radical (unpaired) electrons. The molecule has 0 aromatic heterocycles. The Hall–Kier alpha value is -0.0400. The van der Waals surface area contributed by atoms with E-state index in [2.05, 4.69) is 4.90 Å². The molecule has 5 aliphatic rings. The zero-order chi connectivity index (χ0) is 16.2. The Labute approximate surface area is 151 Å². The van der Waals surface area contributed by atoms with Crippen LogP contribution in [-0.2, 0) is 0 Å². The highest BCUT2D eigenvalue weighted by atomic mass is 15.2. The van der Waals surface area contributed by atoms with E-state index in [0.29, 0.717) is 0 Å². The van der Waals surface area contributed by atoms with Gasteiger partial charge in [0.25, 0.3) is 0 Å². The molecule has 1 heteroatoms. The van der Waals surface area contributed by atoms with E-state index in [4.69, 9.17) is 0 Å². The molecule has 3 aliphatic heterocycles. The molecule has 2 saturated carbocycles. The van der Waals surface area contributed by atoms with Crippen LogP contribution in [0.2, 0.25) is 0 Å². The molecular formula is C23H41N. The highest BCUT2D eigenvalue weighted by molar-refractivity contribution is 4.87. The Morgan fingerprint density at radius 1 is 0.417 bits per heavy atom. The smallest absolute Gasteiger partial charge is 0.0123 e. The molecule has 0 aromatic rings. The molecule has 24 heavy (non-hydrogen) atoms. The summed E-state index contributed by atoms with van der Waals surface area (Å²) in [5.74, 6) is 4.31. The van der Waals surface area contributed by atoms with Crippen LogP contribution in [-0.4, -0.2) is 24.0 Å². The van der Waals surface area contributed by atoms with E-state index in [1.54, 1.807) is 38.5 Å². The lowest BCUT2D eigenvalue weighted by Crippen LogP contribution is -2.46. The van der Waals surface area contributed by atoms with E-state index < -0.39 is 0 Å². The second kappa shape index (κ2) is 8.56. The molecule has 138 valence electrons. The summed E-state index contributed by atoms with van der Waals surface area (Å²) in [5.41, 5.74) is 0. The zero-order valence-electron chi connectivity index (χ0n) is 16.1. The largest absolute Gasteiger partial charge is 0.300 e. The van der Waals surface area contributed by atoms with E-state index in [1.807, 2.05) is 0 Å². The predicted molar refractivity (Wildman–Crippen MR) is 103 cm³/mol. The highest BCUT2D eigenvalue weighted by Gasteiger charge is 2.33. The van der Waals surface area contributed by atoms with Crippen molar-refractivity contribution >= 4 is 0 Å². The quantitative estimate of drug-likeness (QED) is 0.495. The van der Waals surface area contributed by atoms with Gasteiger partial charge in [0.15, 0.2) is 0 Å². The van der Waals surface area contributed by atoms with Crippen LogP contribution in [0.3, 0.4) is 0 Å². The highest BCUT2D eigenvalue weighted by Crippen LogP contribution is 2.40. The molecule has 5 rings (SSSR count). The van der Waals surface area contributed by atoms with Crippen LogP contribution in [0.15, 0.2) is 0 Å². The molecule has 3 heterocycles. The fourth-order valence-corrected chi connectivity index (χ4v) is 6.89. The van der Waals surface area contributed by atoms with Crippen LogP contribution in [0.1, 0.15) is 103 Å². The van der Waals surface area contributed by atoms with Gasteiger partial charge in [0, 0.05) is 6.04 Å². The van der Waals surface area contributed by atoms with Crippen LogP contribution in [0, 0.1) is 23.7 Å². The Bertz CT molecular complexity index is 370. The first kappa shape index (κ1) is 17.4. The SMILES string of the molecule is C1CCC2CCC3CCN(CC3)C3CCCCC3CCCCC2C1. The number of hydrogen-bond donors (Lipinski definition) is 0. The average molecular weight is 332 g/mol. The van der Waals surface area contributed by atoms with Gasteiger partial charge in [-0.1, -0.05) is 64.2 Å².